The van der Waals surface area contributed by atoms with E-state index in [1.54, 1.807) is 35.2 Å². The lowest BCUT2D eigenvalue weighted by Crippen LogP contribution is -2.33. The van der Waals surface area contributed by atoms with Gasteiger partial charge >= 0.3 is 0 Å². The summed E-state index contributed by atoms with van der Waals surface area (Å²) in [6, 6.07) is 14.2. The molecule has 2 aromatic carbocycles. The molecule has 2 aromatic rings. The molecule has 1 fully saturated rings. The number of carbonyl (C=O) groups is 3. The zero-order valence-electron chi connectivity index (χ0n) is 16.4. The van der Waals surface area contributed by atoms with Crippen LogP contribution < -0.4 is 15.5 Å². The molecule has 0 radical (unpaired) electrons. The molecule has 1 saturated heterocycles. The molecule has 152 valence electrons. The van der Waals surface area contributed by atoms with Crippen LogP contribution in [0.15, 0.2) is 48.5 Å². The van der Waals surface area contributed by atoms with Crippen LogP contribution in [-0.2, 0) is 20.9 Å². The Morgan fingerprint density at radius 1 is 1.10 bits per heavy atom. The van der Waals surface area contributed by atoms with Crippen molar-refractivity contribution in [1.29, 1.82) is 0 Å². The highest BCUT2D eigenvalue weighted by molar-refractivity contribution is 6.00. The zero-order chi connectivity index (χ0) is 20.6. The lowest BCUT2D eigenvalue weighted by Gasteiger charge is -2.16. The van der Waals surface area contributed by atoms with Gasteiger partial charge in [0.2, 0.25) is 11.8 Å². The van der Waals surface area contributed by atoms with Gasteiger partial charge < -0.3 is 20.3 Å². The normalized spacial score (nSPS) is 13.4. The van der Waals surface area contributed by atoms with Crippen molar-refractivity contribution in [2.24, 2.45) is 0 Å². The molecule has 2 N–H and O–H groups in total. The lowest BCUT2D eigenvalue weighted by atomic mass is 10.2. The van der Waals surface area contributed by atoms with Gasteiger partial charge in [0.15, 0.2) is 0 Å². The van der Waals surface area contributed by atoms with Crippen LogP contribution in [0.3, 0.4) is 0 Å². The highest BCUT2D eigenvalue weighted by Crippen LogP contribution is 2.21. The molecule has 1 heterocycles. The molecule has 7 heteroatoms. The van der Waals surface area contributed by atoms with Crippen molar-refractivity contribution in [2.45, 2.75) is 26.4 Å². The fraction of sp³-hybridized carbons (Fsp3) is 0.318. The number of nitrogens with one attached hydrogen (secondary N) is 2. The van der Waals surface area contributed by atoms with E-state index >= 15 is 0 Å². The molecule has 7 nitrogen and oxygen atoms in total. The second-order valence-corrected chi connectivity index (χ2v) is 6.72. The van der Waals surface area contributed by atoms with Gasteiger partial charge in [-0.05, 0) is 43.7 Å². The van der Waals surface area contributed by atoms with Crippen molar-refractivity contribution in [1.82, 2.24) is 5.32 Å². The largest absolute Gasteiger partial charge is 0.377 e. The molecule has 0 atom stereocenters. The Kier molecular flexibility index (Phi) is 6.97. The maximum atomic E-state index is 12.3. The van der Waals surface area contributed by atoms with Gasteiger partial charge in [0.25, 0.3) is 5.91 Å². The van der Waals surface area contributed by atoms with Crippen LogP contribution in [0.5, 0.6) is 0 Å². The van der Waals surface area contributed by atoms with E-state index in [1.165, 1.54) is 0 Å². The Balaban J connectivity index is 1.53. The zero-order valence-corrected chi connectivity index (χ0v) is 16.4. The lowest BCUT2D eigenvalue weighted by molar-refractivity contribution is -0.117. The quantitative estimate of drug-likeness (QED) is 0.719. The standard InChI is InChI=1S/C22H25N3O4/c1-2-29-15-17-6-3-4-7-19(17)24-20(26)14-23-22(28)16-9-11-18(12-10-16)25-13-5-8-21(25)27/h3-4,6-7,9-12H,2,5,8,13-15H2,1H3,(H,23,28)(H,24,26). The predicted molar refractivity (Wildman–Crippen MR) is 111 cm³/mol. The van der Waals surface area contributed by atoms with Crippen LogP contribution in [-0.4, -0.2) is 37.4 Å². The minimum Gasteiger partial charge on any atom is -0.377 e. The molecule has 1 aliphatic rings. The Bertz CT molecular complexity index is 880. The number of hydrogen-bond acceptors (Lipinski definition) is 4. The van der Waals surface area contributed by atoms with Gasteiger partial charge in [0, 0.05) is 42.1 Å². The summed E-state index contributed by atoms with van der Waals surface area (Å²) in [5.74, 6) is -0.563. The monoisotopic (exact) mass is 395 g/mol. The maximum Gasteiger partial charge on any atom is 0.251 e. The third-order valence-corrected chi connectivity index (χ3v) is 4.68. The van der Waals surface area contributed by atoms with Gasteiger partial charge in [0.1, 0.15) is 0 Å². The number of nitrogens with zero attached hydrogens (tertiary/aromatic N) is 1. The summed E-state index contributed by atoms with van der Waals surface area (Å²) in [7, 11) is 0. The molecule has 0 aromatic heterocycles. The number of anilines is 2. The smallest absolute Gasteiger partial charge is 0.251 e. The minimum atomic E-state index is -0.345. The van der Waals surface area contributed by atoms with Crippen LogP contribution in [0, 0.1) is 0 Å². The van der Waals surface area contributed by atoms with Gasteiger partial charge in [-0.2, -0.15) is 0 Å². The number of ether oxygens (including phenoxy) is 1. The molecule has 3 rings (SSSR count). The Hall–Kier alpha value is -3.19. The molecular weight excluding hydrogens is 370 g/mol. The average molecular weight is 395 g/mol. The van der Waals surface area contributed by atoms with Gasteiger partial charge in [-0.3, -0.25) is 14.4 Å². The number of benzene rings is 2. The maximum absolute atomic E-state index is 12.3. The first-order valence-electron chi connectivity index (χ1n) is 9.72. The van der Waals surface area contributed by atoms with Crippen LogP contribution in [0.1, 0.15) is 35.7 Å². The summed E-state index contributed by atoms with van der Waals surface area (Å²) in [5.41, 5.74) is 2.76. The van der Waals surface area contributed by atoms with E-state index in [2.05, 4.69) is 10.6 Å². The van der Waals surface area contributed by atoms with Crippen LogP contribution in [0.25, 0.3) is 0 Å². The van der Waals surface area contributed by atoms with E-state index in [0.29, 0.717) is 37.4 Å². The first kappa shape index (κ1) is 20.5. The van der Waals surface area contributed by atoms with Crippen molar-refractivity contribution in [3.63, 3.8) is 0 Å². The van der Waals surface area contributed by atoms with Crippen LogP contribution in [0.2, 0.25) is 0 Å². The van der Waals surface area contributed by atoms with E-state index in [9.17, 15) is 14.4 Å². The van der Waals surface area contributed by atoms with Crippen LogP contribution in [0.4, 0.5) is 11.4 Å². The molecule has 0 bridgehead atoms. The average Bonchev–Trinajstić information content (AvgIpc) is 3.17. The topological polar surface area (TPSA) is 87.7 Å². The summed E-state index contributed by atoms with van der Waals surface area (Å²) in [6.45, 7) is 3.46. The van der Waals surface area contributed by atoms with E-state index in [4.69, 9.17) is 4.74 Å². The highest BCUT2D eigenvalue weighted by Gasteiger charge is 2.21. The molecule has 0 saturated carbocycles. The first-order valence-corrected chi connectivity index (χ1v) is 9.72. The molecule has 1 aliphatic heterocycles. The molecule has 0 aliphatic carbocycles. The SMILES string of the molecule is CCOCc1ccccc1NC(=O)CNC(=O)c1ccc(N2CCCC2=O)cc1. The fourth-order valence-electron chi connectivity index (χ4n) is 3.15. The summed E-state index contributed by atoms with van der Waals surface area (Å²) in [5, 5.41) is 5.42. The summed E-state index contributed by atoms with van der Waals surface area (Å²) in [4.78, 5) is 38.1. The van der Waals surface area contributed by atoms with E-state index in [1.807, 2.05) is 25.1 Å². The number of amides is 3. The molecule has 3 amide bonds. The summed E-state index contributed by atoms with van der Waals surface area (Å²) in [6.07, 6.45) is 1.41. The third kappa shape index (κ3) is 5.42. The van der Waals surface area contributed by atoms with Crippen molar-refractivity contribution < 1.29 is 19.1 Å². The van der Waals surface area contributed by atoms with Gasteiger partial charge in [0.05, 0.1) is 13.2 Å². The van der Waals surface area contributed by atoms with E-state index < -0.39 is 0 Å². The fourth-order valence-corrected chi connectivity index (χ4v) is 3.15. The molecular formula is C22H25N3O4. The molecule has 0 spiro atoms. The van der Waals surface area contributed by atoms with Crippen molar-refractivity contribution in [3.8, 4) is 0 Å². The number of para-hydroxylation sites is 1. The van der Waals surface area contributed by atoms with Gasteiger partial charge in [-0.25, -0.2) is 0 Å². The second-order valence-electron chi connectivity index (χ2n) is 6.72. The van der Waals surface area contributed by atoms with Gasteiger partial charge in [-0.1, -0.05) is 18.2 Å². The Morgan fingerprint density at radius 2 is 1.86 bits per heavy atom. The molecule has 29 heavy (non-hydrogen) atoms. The number of hydrogen-bond donors (Lipinski definition) is 2. The predicted octanol–water partition coefficient (Wildman–Crippen LogP) is 2.72. The highest BCUT2D eigenvalue weighted by atomic mass is 16.5. The van der Waals surface area contributed by atoms with Gasteiger partial charge in [-0.15, -0.1) is 0 Å². The summed E-state index contributed by atoms with van der Waals surface area (Å²) >= 11 is 0. The Labute approximate surface area is 170 Å². The second kappa shape index (κ2) is 9.84. The number of rotatable bonds is 8. The number of carbonyl (C=O) groups excluding carboxylic acids is 3. The van der Waals surface area contributed by atoms with Crippen LogP contribution >= 0.6 is 0 Å². The van der Waals surface area contributed by atoms with Crippen molar-refractivity contribution >= 4 is 29.1 Å². The molecule has 0 unspecified atom stereocenters. The Morgan fingerprint density at radius 3 is 2.55 bits per heavy atom. The van der Waals surface area contributed by atoms with Crippen molar-refractivity contribution in [2.75, 3.05) is 29.9 Å². The van der Waals surface area contributed by atoms with Crippen molar-refractivity contribution in [3.05, 3.63) is 59.7 Å². The summed E-state index contributed by atoms with van der Waals surface area (Å²) < 4.78 is 5.41. The minimum absolute atomic E-state index is 0.100. The van der Waals surface area contributed by atoms with E-state index in [-0.39, 0.29) is 24.3 Å². The van der Waals surface area contributed by atoms with E-state index in [0.717, 1.165) is 17.7 Å². The first-order chi connectivity index (χ1) is 14.1. The third-order valence-electron chi connectivity index (χ3n) is 4.68.